The highest BCUT2D eigenvalue weighted by atomic mass is 19.1. The van der Waals surface area contributed by atoms with E-state index in [4.69, 9.17) is 0 Å². The smallest absolute Gasteiger partial charge is 0.232 e. The van der Waals surface area contributed by atoms with E-state index < -0.39 is 22.6 Å². The van der Waals surface area contributed by atoms with E-state index in [1.165, 1.54) is 6.07 Å². The van der Waals surface area contributed by atoms with Crippen molar-refractivity contribution in [2.75, 3.05) is 10.6 Å². The minimum Gasteiger partial charge on any atom is -0.377 e. The van der Waals surface area contributed by atoms with Gasteiger partial charge in [0.25, 0.3) is 0 Å². The molecule has 0 aliphatic carbocycles. The Morgan fingerprint density at radius 2 is 1.72 bits per heavy atom. The first-order chi connectivity index (χ1) is 8.15. The number of rotatable bonds is 0. The van der Waals surface area contributed by atoms with Gasteiger partial charge in [-0.1, -0.05) is 0 Å². The molecule has 0 unspecified atom stereocenters. The number of carbonyl (C=O) groups excluding carboxylic acids is 1. The van der Waals surface area contributed by atoms with Crippen LogP contribution in [-0.2, 0) is 4.79 Å². The third kappa shape index (κ3) is 1.74. The molecule has 0 saturated carbocycles. The number of fused-ring (bicyclic) bond motifs is 1. The van der Waals surface area contributed by atoms with Crippen LogP contribution in [0.3, 0.4) is 0 Å². The van der Waals surface area contributed by atoms with Crippen LogP contribution in [0.4, 0.5) is 20.2 Å². The summed E-state index contributed by atoms with van der Waals surface area (Å²) in [6.07, 6.45) is 0. The lowest BCUT2D eigenvalue weighted by Gasteiger charge is -2.39. The van der Waals surface area contributed by atoms with Gasteiger partial charge in [-0.25, -0.2) is 8.78 Å². The van der Waals surface area contributed by atoms with Crippen LogP contribution in [0, 0.1) is 17.0 Å². The van der Waals surface area contributed by atoms with Gasteiger partial charge in [0, 0.05) is 11.6 Å². The van der Waals surface area contributed by atoms with Crippen LogP contribution in [0.5, 0.6) is 0 Å². The summed E-state index contributed by atoms with van der Waals surface area (Å²) in [5.74, 6) is -1.76. The number of nitrogens with one attached hydrogen (secondary N) is 2. The van der Waals surface area contributed by atoms with Crippen LogP contribution in [0.15, 0.2) is 12.1 Å². The number of carbonyl (C=O) groups is 1. The molecule has 98 valence electrons. The molecular weight excluding hydrogens is 238 g/mol. The zero-order valence-corrected chi connectivity index (χ0v) is 10.8. The molecule has 0 radical (unpaired) electrons. The van der Waals surface area contributed by atoms with Gasteiger partial charge >= 0.3 is 0 Å². The lowest BCUT2D eigenvalue weighted by molar-refractivity contribution is -0.126. The van der Waals surface area contributed by atoms with Crippen molar-refractivity contribution in [1.82, 2.24) is 0 Å². The molecule has 2 rings (SSSR count). The fraction of sp³-hybridized carbons (Fsp3) is 0.462. The molecule has 18 heavy (non-hydrogen) atoms. The fourth-order valence-corrected chi connectivity index (χ4v) is 1.85. The van der Waals surface area contributed by atoms with Gasteiger partial charge in [0.15, 0.2) is 5.82 Å². The molecule has 0 saturated heterocycles. The number of amides is 1. The molecule has 3 nitrogen and oxygen atoms in total. The Morgan fingerprint density at radius 1 is 1.11 bits per heavy atom. The summed E-state index contributed by atoms with van der Waals surface area (Å²) < 4.78 is 26.9. The molecule has 1 aliphatic heterocycles. The standard InChI is InChI=1S/C13H16F2N2O/c1-12(2)11(18)16-10-8(15)5-7(14)6-9(10)17-13(12,3)4/h5-6,17H,1-4H3,(H,16,18). The topological polar surface area (TPSA) is 41.1 Å². The monoisotopic (exact) mass is 254 g/mol. The van der Waals surface area contributed by atoms with Crippen molar-refractivity contribution in [1.29, 1.82) is 0 Å². The fourth-order valence-electron chi connectivity index (χ4n) is 1.85. The summed E-state index contributed by atoms with van der Waals surface area (Å²) in [5.41, 5.74) is -1.14. The molecule has 1 amide bonds. The van der Waals surface area contributed by atoms with Crippen LogP contribution in [0.2, 0.25) is 0 Å². The molecule has 0 fully saturated rings. The summed E-state index contributed by atoms with van der Waals surface area (Å²) in [5, 5.41) is 5.56. The summed E-state index contributed by atoms with van der Waals surface area (Å²) in [6, 6.07) is 1.94. The number of benzene rings is 1. The Morgan fingerprint density at radius 3 is 2.33 bits per heavy atom. The number of hydrogen-bond acceptors (Lipinski definition) is 2. The van der Waals surface area contributed by atoms with E-state index in [0.717, 1.165) is 6.07 Å². The van der Waals surface area contributed by atoms with Crippen molar-refractivity contribution in [2.45, 2.75) is 33.2 Å². The van der Waals surface area contributed by atoms with E-state index in [1.54, 1.807) is 13.8 Å². The maximum atomic E-state index is 13.7. The Labute approximate surface area is 105 Å². The first kappa shape index (κ1) is 12.8. The maximum Gasteiger partial charge on any atom is 0.232 e. The van der Waals surface area contributed by atoms with Crippen LogP contribution in [0.25, 0.3) is 0 Å². The molecule has 0 bridgehead atoms. The number of halogens is 2. The third-order valence-corrected chi connectivity index (χ3v) is 3.87. The van der Waals surface area contributed by atoms with Gasteiger partial charge < -0.3 is 10.6 Å². The highest BCUT2D eigenvalue weighted by Gasteiger charge is 2.46. The van der Waals surface area contributed by atoms with Gasteiger partial charge in [-0.15, -0.1) is 0 Å². The van der Waals surface area contributed by atoms with Crippen molar-refractivity contribution >= 4 is 17.3 Å². The summed E-state index contributed by atoms with van der Waals surface area (Å²) in [4.78, 5) is 12.1. The Hall–Kier alpha value is -1.65. The van der Waals surface area contributed by atoms with E-state index in [9.17, 15) is 13.6 Å². The first-order valence-electron chi connectivity index (χ1n) is 5.74. The SMILES string of the molecule is CC1(C)Nc2cc(F)cc(F)c2NC(=O)C1(C)C. The average Bonchev–Trinajstić information content (AvgIpc) is 2.26. The lowest BCUT2D eigenvalue weighted by Crippen LogP contribution is -2.50. The summed E-state index contributed by atoms with van der Waals surface area (Å²) in [7, 11) is 0. The van der Waals surface area contributed by atoms with E-state index in [0.29, 0.717) is 0 Å². The van der Waals surface area contributed by atoms with Crippen molar-refractivity contribution in [3.05, 3.63) is 23.8 Å². The normalized spacial score (nSPS) is 20.4. The minimum absolute atomic E-state index is 0.0000463. The summed E-state index contributed by atoms with van der Waals surface area (Å²) >= 11 is 0. The van der Waals surface area contributed by atoms with Gasteiger partial charge in [-0.05, 0) is 33.8 Å². The van der Waals surface area contributed by atoms with Gasteiger partial charge in [-0.2, -0.15) is 0 Å². The maximum absolute atomic E-state index is 13.7. The first-order valence-corrected chi connectivity index (χ1v) is 5.74. The average molecular weight is 254 g/mol. The van der Waals surface area contributed by atoms with Crippen LogP contribution >= 0.6 is 0 Å². The van der Waals surface area contributed by atoms with Crippen molar-refractivity contribution in [3.63, 3.8) is 0 Å². The molecule has 5 heteroatoms. The lowest BCUT2D eigenvalue weighted by atomic mass is 9.74. The van der Waals surface area contributed by atoms with E-state index in [-0.39, 0.29) is 17.3 Å². The van der Waals surface area contributed by atoms with E-state index in [1.807, 2.05) is 13.8 Å². The second kappa shape index (κ2) is 3.67. The molecule has 0 aromatic heterocycles. The molecular formula is C13H16F2N2O. The van der Waals surface area contributed by atoms with Crippen molar-refractivity contribution in [3.8, 4) is 0 Å². The minimum atomic E-state index is -0.778. The molecule has 1 aliphatic rings. The molecule has 0 spiro atoms. The second-order valence-electron chi connectivity index (χ2n) is 5.64. The highest BCUT2D eigenvalue weighted by Crippen LogP contribution is 2.41. The molecule has 2 N–H and O–H groups in total. The quantitative estimate of drug-likeness (QED) is 0.746. The van der Waals surface area contributed by atoms with Gasteiger partial charge in [0.2, 0.25) is 5.91 Å². The zero-order chi connectivity index (χ0) is 13.7. The molecule has 1 aromatic rings. The molecule has 0 atom stereocenters. The van der Waals surface area contributed by atoms with Crippen LogP contribution < -0.4 is 10.6 Å². The number of anilines is 2. The van der Waals surface area contributed by atoms with Crippen LogP contribution in [-0.4, -0.2) is 11.4 Å². The highest BCUT2D eigenvalue weighted by molar-refractivity contribution is 6.00. The van der Waals surface area contributed by atoms with Gasteiger partial charge in [0.1, 0.15) is 11.5 Å². The molecule has 1 heterocycles. The second-order valence-corrected chi connectivity index (χ2v) is 5.64. The Kier molecular flexibility index (Phi) is 2.61. The largest absolute Gasteiger partial charge is 0.377 e. The van der Waals surface area contributed by atoms with E-state index in [2.05, 4.69) is 10.6 Å². The van der Waals surface area contributed by atoms with Crippen LogP contribution in [0.1, 0.15) is 27.7 Å². The van der Waals surface area contributed by atoms with Crippen molar-refractivity contribution < 1.29 is 13.6 Å². The van der Waals surface area contributed by atoms with Gasteiger partial charge in [0.05, 0.1) is 11.1 Å². The van der Waals surface area contributed by atoms with E-state index >= 15 is 0 Å². The Bertz CT molecular complexity index is 524. The predicted molar refractivity (Wildman–Crippen MR) is 66.5 cm³/mol. The predicted octanol–water partition coefficient (Wildman–Crippen LogP) is 3.13. The third-order valence-electron chi connectivity index (χ3n) is 3.87. The molecule has 1 aromatic carbocycles. The zero-order valence-electron chi connectivity index (χ0n) is 10.8. The van der Waals surface area contributed by atoms with Crippen molar-refractivity contribution in [2.24, 2.45) is 5.41 Å². The number of hydrogen-bond donors (Lipinski definition) is 2. The Balaban J connectivity index is 2.62. The summed E-state index contributed by atoms with van der Waals surface area (Å²) in [6.45, 7) is 7.17. The van der Waals surface area contributed by atoms with Gasteiger partial charge in [-0.3, -0.25) is 4.79 Å².